The van der Waals surface area contributed by atoms with E-state index in [0.717, 1.165) is 29.8 Å². The fourth-order valence-electron chi connectivity index (χ4n) is 2.48. The van der Waals surface area contributed by atoms with Gasteiger partial charge in [0.2, 0.25) is 11.7 Å². The Balaban J connectivity index is 1.87. The maximum absolute atomic E-state index is 5.38. The van der Waals surface area contributed by atoms with Gasteiger partial charge in [-0.25, -0.2) is 0 Å². The molecule has 0 bridgehead atoms. The Kier molecular flexibility index (Phi) is 3.29. The third kappa shape index (κ3) is 2.51. The zero-order valence-corrected chi connectivity index (χ0v) is 11.3. The maximum Gasteiger partial charge on any atom is 0.244 e. The van der Waals surface area contributed by atoms with E-state index in [4.69, 9.17) is 4.52 Å². The van der Waals surface area contributed by atoms with Crippen LogP contribution in [0.15, 0.2) is 16.8 Å². The smallest absolute Gasteiger partial charge is 0.244 e. The summed E-state index contributed by atoms with van der Waals surface area (Å²) in [7, 11) is 0. The van der Waals surface area contributed by atoms with Crippen LogP contribution in [0.25, 0.3) is 11.5 Å². The third-order valence-electron chi connectivity index (χ3n) is 3.48. The van der Waals surface area contributed by atoms with Crippen LogP contribution in [0.1, 0.15) is 42.3 Å². The zero-order valence-electron chi connectivity index (χ0n) is 11.3. The van der Waals surface area contributed by atoms with Crippen molar-refractivity contribution in [2.75, 3.05) is 6.54 Å². The minimum Gasteiger partial charge on any atom is -0.337 e. The zero-order chi connectivity index (χ0) is 13.2. The second kappa shape index (κ2) is 5.09. The molecule has 0 radical (unpaired) electrons. The van der Waals surface area contributed by atoms with Gasteiger partial charge in [0, 0.05) is 6.20 Å². The lowest BCUT2D eigenvalue weighted by molar-refractivity contribution is 0.297. The van der Waals surface area contributed by atoms with Crippen LogP contribution in [0.2, 0.25) is 0 Å². The van der Waals surface area contributed by atoms with Crippen molar-refractivity contribution in [2.24, 2.45) is 0 Å². The normalized spacial score (nSPS) is 19.6. The molecular weight excluding hydrogens is 240 g/mol. The van der Waals surface area contributed by atoms with Crippen LogP contribution in [-0.2, 0) is 0 Å². The Morgan fingerprint density at radius 2 is 2.21 bits per heavy atom. The number of piperidine rings is 1. The minimum atomic E-state index is 0.195. The quantitative estimate of drug-likeness (QED) is 0.896. The van der Waals surface area contributed by atoms with Gasteiger partial charge in [-0.05, 0) is 44.4 Å². The maximum atomic E-state index is 5.38. The van der Waals surface area contributed by atoms with Gasteiger partial charge in [0.25, 0.3) is 0 Å². The number of nitrogens with zero attached hydrogens (tertiary/aromatic N) is 3. The van der Waals surface area contributed by atoms with Crippen LogP contribution >= 0.6 is 0 Å². The SMILES string of the molecule is Cc1cnc(-c2noc(C3CCCCN3)n2)c(C)c1. The van der Waals surface area contributed by atoms with Crippen molar-refractivity contribution in [3.05, 3.63) is 29.3 Å². The molecule has 5 heteroatoms. The molecule has 2 aromatic heterocycles. The van der Waals surface area contributed by atoms with E-state index in [-0.39, 0.29) is 6.04 Å². The van der Waals surface area contributed by atoms with Crippen molar-refractivity contribution < 1.29 is 4.52 Å². The van der Waals surface area contributed by atoms with Gasteiger partial charge in [-0.3, -0.25) is 4.98 Å². The lowest BCUT2D eigenvalue weighted by Gasteiger charge is -2.19. The van der Waals surface area contributed by atoms with Gasteiger partial charge in [0.05, 0.1) is 6.04 Å². The Morgan fingerprint density at radius 3 is 2.95 bits per heavy atom. The number of aryl methyl sites for hydroxylation is 2. The van der Waals surface area contributed by atoms with Crippen LogP contribution < -0.4 is 5.32 Å². The summed E-state index contributed by atoms with van der Waals surface area (Å²) >= 11 is 0. The third-order valence-corrected chi connectivity index (χ3v) is 3.48. The Labute approximate surface area is 112 Å². The van der Waals surface area contributed by atoms with Crippen molar-refractivity contribution >= 4 is 0 Å². The molecule has 2 aromatic rings. The highest BCUT2D eigenvalue weighted by Gasteiger charge is 2.22. The predicted molar refractivity (Wildman–Crippen MR) is 71.6 cm³/mol. The van der Waals surface area contributed by atoms with E-state index >= 15 is 0 Å². The highest BCUT2D eigenvalue weighted by Crippen LogP contribution is 2.24. The molecule has 0 aromatic carbocycles. The molecule has 1 N–H and O–H groups in total. The van der Waals surface area contributed by atoms with E-state index in [1.54, 1.807) is 0 Å². The molecule has 1 atom stereocenters. The Morgan fingerprint density at radius 1 is 1.32 bits per heavy atom. The number of aromatic nitrogens is 3. The first-order valence-corrected chi connectivity index (χ1v) is 6.74. The highest BCUT2D eigenvalue weighted by molar-refractivity contribution is 5.54. The first kappa shape index (κ1) is 12.3. The monoisotopic (exact) mass is 258 g/mol. The second-order valence-electron chi connectivity index (χ2n) is 5.14. The fraction of sp³-hybridized carbons (Fsp3) is 0.500. The van der Waals surface area contributed by atoms with E-state index in [1.165, 1.54) is 12.8 Å². The van der Waals surface area contributed by atoms with E-state index in [0.29, 0.717) is 11.7 Å². The summed E-state index contributed by atoms with van der Waals surface area (Å²) < 4.78 is 5.38. The largest absolute Gasteiger partial charge is 0.337 e. The first-order valence-electron chi connectivity index (χ1n) is 6.74. The molecule has 0 amide bonds. The van der Waals surface area contributed by atoms with Gasteiger partial charge in [0.15, 0.2) is 0 Å². The molecule has 5 nitrogen and oxygen atoms in total. The van der Waals surface area contributed by atoms with Crippen LogP contribution in [0.4, 0.5) is 0 Å². The summed E-state index contributed by atoms with van der Waals surface area (Å²) in [5.74, 6) is 1.26. The van der Waals surface area contributed by atoms with Gasteiger partial charge in [-0.1, -0.05) is 17.6 Å². The summed E-state index contributed by atoms with van der Waals surface area (Å²) in [6.07, 6.45) is 5.31. The van der Waals surface area contributed by atoms with Crippen LogP contribution in [-0.4, -0.2) is 21.7 Å². The summed E-state index contributed by atoms with van der Waals surface area (Å²) in [6, 6.07) is 2.28. The van der Waals surface area contributed by atoms with E-state index in [2.05, 4.69) is 26.5 Å². The average molecular weight is 258 g/mol. The van der Waals surface area contributed by atoms with Crippen LogP contribution in [0.5, 0.6) is 0 Å². The fourth-order valence-corrected chi connectivity index (χ4v) is 2.48. The molecule has 1 fully saturated rings. The number of hydrogen-bond donors (Lipinski definition) is 1. The summed E-state index contributed by atoms with van der Waals surface area (Å²) in [5.41, 5.74) is 3.01. The molecule has 1 saturated heterocycles. The predicted octanol–water partition coefficient (Wildman–Crippen LogP) is 2.56. The molecule has 3 rings (SSSR count). The van der Waals surface area contributed by atoms with Gasteiger partial charge < -0.3 is 9.84 Å². The number of hydrogen-bond acceptors (Lipinski definition) is 5. The average Bonchev–Trinajstić information content (AvgIpc) is 2.89. The highest BCUT2D eigenvalue weighted by atomic mass is 16.5. The first-order chi connectivity index (χ1) is 9.24. The van der Waals surface area contributed by atoms with Crippen molar-refractivity contribution in [3.8, 4) is 11.5 Å². The summed E-state index contributed by atoms with van der Waals surface area (Å²) in [5, 5.41) is 7.47. The van der Waals surface area contributed by atoms with E-state index < -0.39 is 0 Å². The summed E-state index contributed by atoms with van der Waals surface area (Å²) in [4.78, 5) is 8.89. The van der Waals surface area contributed by atoms with Gasteiger partial charge in [-0.2, -0.15) is 4.98 Å². The summed E-state index contributed by atoms with van der Waals surface area (Å²) in [6.45, 7) is 5.06. The Hall–Kier alpha value is -1.75. The second-order valence-corrected chi connectivity index (χ2v) is 5.14. The van der Waals surface area contributed by atoms with Gasteiger partial charge in [0.1, 0.15) is 5.69 Å². The molecule has 1 aliphatic heterocycles. The molecule has 0 spiro atoms. The molecule has 1 unspecified atom stereocenters. The molecule has 3 heterocycles. The minimum absolute atomic E-state index is 0.195. The Bertz CT molecular complexity index is 573. The molecular formula is C14H18N4O. The van der Waals surface area contributed by atoms with E-state index in [9.17, 15) is 0 Å². The van der Waals surface area contributed by atoms with Crippen molar-refractivity contribution in [3.63, 3.8) is 0 Å². The molecule has 19 heavy (non-hydrogen) atoms. The van der Waals surface area contributed by atoms with Crippen molar-refractivity contribution in [1.82, 2.24) is 20.4 Å². The lowest BCUT2D eigenvalue weighted by atomic mass is 10.1. The van der Waals surface area contributed by atoms with Crippen molar-refractivity contribution in [2.45, 2.75) is 39.2 Å². The molecule has 0 saturated carbocycles. The van der Waals surface area contributed by atoms with Crippen LogP contribution in [0, 0.1) is 13.8 Å². The number of pyridine rings is 1. The molecule has 100 valence electrons. The van der Waals surface area contributed by atoms with E-state index in [1.807, 2.05) is 20.0 Å². The number of nitrogens with one attached hydrogen (secondary N) is 1. The van der Waals surface area contributed by atoms with Crippen LogP contribution in [0.3, 0.4) is 0 Å². The topological polar surface area (TPSA) is 63.8 Å². The van der Waals surface area contributed by atoms with Crippen molar-refractivity contribution in [1.29, 1.82) is 0 Å². The molecule has 0 aliphatic carbocycles. The standard InChI is InChI=1S/C14H18N4O/c1-9-7-10(2)12(16-8-9)13-17-14(19-18-13)11-5-3-4-6-15-11/h7-8,11,15H,3-6H2,1-2H3. The number of rotatable bonds is 2. The van der Waals surface area contributed by atoms with Gasteiger partial charge >= 0.3 is 0 Å². The van der Waals surface area contributed by atoms with Gasteiger partial charge in [-0.15, -0.1) is 0 Å². The molecule has 1 aliphatic rings. The lowest BCUT2D eigenvalue weighted by Crippen LogP contribution is -2.26.